The van der Waals surface area contributed by atoms with Gasteiger partial charge in [-0.05, 0) is 67.1 Å². The molecule has 0 atom stereocenters. The van der Waals surface area contributed by atoms with E-state index < -0.39 is 0 Å². The largest absolute Gasteiger partial charge is 0.379 e. The van der Waals surface area contributed by atoms with E-state index in [1.165, 1.54) is 0 Å². The minimum absolute atomic E-state index is 0.705. The molecule has 2 aromatic carbocycles. The summed E-state index contributed by atoms with van der Waals surface area (Å²) in [5.41, 5.74) is 6.62. The van der Waals surface area contributed by atoms with Crippen LogP contribution in [-0.2, 0) is 4.74 Å². The molecule has 38 heavy (non-hydrogen) atoms. The maximum atomic E-state index is 6.23. The molecule has 1 aliphatic carbocycles. The normalized spacial score (nSPS) is 14.8. The third-order valence-corrected chi connectivity index (χ3v) is 6.99. The summed E-state index contributed by atoms with van der Waals surface area (Å²) in [6.45, 7) is 5.35. The van der Waals surface area contributed by atoms with Crippen LogP contribution in [0.25, 0.3) is 28.1 Å². The quantitative estimate of drug-likeness (QED) is 0.223. The minimum atomic E-state index is 0.705. The fourth-order valence-corrected chi connectivity index (χ4v) is 4.98. The third kappa shape index (κ3) is 5.41. The highest BCUT2D eigenvalue weighted by molar-refractivity contribution is 6.30. The Labute approximate surface area is 226 Å². The van der Waals surface area contributed by atoms with Crippen LogP contribution in [0.15, 0.2) is 90.2 Å². The molecule has 0 spiro atoms. The second-order valence-corrected chi connectivity index (χ2v) is 9.76. The first kappa shape index (κ1) is 24.6. The molecule has 0 saturated carbocycles. The van der Waals surface area contributed by atoms with Crippen molar-refractivity contribution in [2.45, 2.75) is 6.42 Å². The molecule has 192 valence electrons. The zero-order valence-corrected chi connectivity index (χ0v) is 21.8. The summed E-state index contributed by atoms with van der Waals surface area (Å²) in [6.07, 6.45) is 4.57. The minimum Gasteiger partial charge on any atom is -0.379 e. The number of nitrogens with one attached hydrogen (secondary N) is 1. The van der Waals surface area contributed by atoms with E-state index in [4.69, 9.17) is 26.3 Å². The van der Waals surface area contributed by atoms with Gasteiger partial charge in [0, 0.05) is 43.1 Å². The number of aromatic nitrogens is 3. The van der Waals surface area contributed by atoms with E-state index in [0.29, 0.717) is 5.02 Å². The number of morpholine rings is 1. The predicted octanol–water partition coefficient (Wildman–Crippen LogP) is 5.55. The number of benzene rings is 3. The Morgan fingerprint density at radius 2 is 1.82 bits per heavy atom. The maximum absolute atomic E-state index is 6.23. The van der Waals surface area contributed by atoms with E-state index in [1.807, 2.05) is 60.8 Å². The van der Waals surface area contributed by atoms with Crippen LogP contribution in [-0.4, -0.2) is 58.8 Å². The fourth-order valence-electron chi connectivity index (χ4n) is 4.85. The monoisotopic (exact) mass is 524 g/mol. The van der Waals surface area contributed by atoms with E-state index >= 15 is 0 Å². The van der Waals surface area contributed by atoms with Gasteiger partial charge in [-0.15, -0.1) is 0 Å². The van der Waals surface area contributed by atoms with Gasteiger partial charge in [-0.2, -0.15) is 0 Å². The number of halogens is 1. The summed E-state index contributed by atoms with van der Waals surface area (Å²) in [4.78, 5) is 16.8. The van der Waals surface area contributed by atoms with Gasteiger partial charge < -0.3 is 14.6 Å². The van der Waals surface area contributed by atoms with Crippen LogP contribution in [0.5, 0.6) is 0 Å². The number of ether oxygens (including phenoxy) is 1. The Kier molecular flexibility index (Phi) is 7.31. The van der Waals surface area contributed by atoms with Crippen LogP contribution >= 0.6 is 11.6 Å². The summed E-state index contributed by atoms with van der Waals surface area (Å²) >= 11 is 6.23. The van der Waals surface area contributed by atoms with Crippen molar-refractivity contribution in [2.24, 2.45) is 4.99 Å². The second-order valence-electron chi connectivity index (χ2n) is 9.33. The van der Waals surface area contributed by atoms with Crippen molar-refractivity contribution in [1.29, 1.82) is 0 Å². The highest BCUT2D eigenvalue weighted by atomic mass is 35.5. The third-order valence-electron chi connectivity index (χ3n) is 6.74. The Bertz CT molecular complexity index is 1560. The number of nitrogens with zero attached hydrogens (tertiary/aromatic N) is 5. The second kappa shape index (κ2) is 11.3. The highest BCUT2D eigenvalue weighted by Crippen LogP contribution is 2.30. The van der Waals surface area contributed by atoms with E-state index in [-0.39, 0.29) is 0 Å². The molecule has 2 aliphatic heterocycles. The lowest BCUT2D eigenvalue weighted by Crippen LogP contribution is -2.37. The molecule has 3 aliphatic rings. The van der Waals surface area contributed by atoms with Crippen molar-refractivity contribution in [3.05, 3.63) is 95.6 Å². The fraction of sp³-hybridized carbons (Fsp3) is 0.233. The number of anilines is 2. The van der Waals surface area contributed by atoms with Gasteiger partial charge >= 0.3 is 0 Å². The van der Waals surface area contributed by atoms with E-state index in [9.17, 15) is 0 Å². The molecule has 0 bridgehead atoms. The molecule has 6 rings (SSSR count). The summed E-state index contributed by atoms with van der Waals surface area (Å²) in [5.74, 6) is 0. The van der Waals surface area contributed by atoms with E-state index in [2.05, 4.69) is 38.0 Å². The molecule has 1 N–H and O–H groups in total. The standard InChI is InChI=1S/C30H29ClN6O/c31-22-8-10-24(11-9-22)37-29-7-2-1-6-25(29)35-28-19-27(34-23-5-3-12-32-21-23)26(20-30(28)37)33-13-4-14-36-15-17-38-18-16-36/h1-3,5-12,19-21,34H,4,13-18H2. The van der Waals surface area contributed by atoms with Crippen molar-refractivity contribution in [1.82, 2.24) is 19.4 Å². The molecular formula is C30H29ClN6O. The zero-order valence-electron chi connectivity index (χ0n) is 21.1. The van der Waals surface area contributed by atoms with Gasteiger partial charge in [0.15, 0.2) is 0 Å². The SMILES string of the molecule is Clc1ccc(-n2c3cc(=NCCCN4CCOCC4)c(Nc4cccnc4)cc-3nc3ccccc32)cc1. The van der Waals surface area contributed by atoms with Crippen LogP contribution in [0.3, 0.4) is 0 Å². The van der Waals surface area contributed by atoms with Crippen molar-refractivity contribution in [3.63, 3.8) is 0 Å². The summed E-state index contributed by atoms with van der Waals surface area (Å²) in [5, 5.41) is 5.12. The smallest absolute Gasteiger partial charge is 0.0900 e. The lowest BCUT2D eigenvalue weighted by atomic mass is 10.1. The Morgan fingerprint density at radius 1 is 0.974 bits per heavy atom. The first-order chi connectivity index (χ1) is 18.7. The van der Waals surface area contributed by atoms with Gasteiger partial charge in [0.2, 0.25) is 0 Å². The van der Waals surface area contributed by atoms with Crippen molar-refractivity contribution >= 4 is 34.0 Å². The number of fused-ring (bicyclic) bond motifs is 2. The molecule has 0 radical (unpaired) electrons. The van der Waals surface area contributed by atoms with Crippen LogP contribution < -0.4 is 10.7 Å². The molecule has 1 aromatic heterocycles. The number of hydrogen-bond acceptors (Lipinski definition) is 6. The van der Waals surface area contributed by atoms with Gasteiger partial charge in [0.05, 0.1) is 58.6 Å². The Balaban J connectivity index is 1.46. The zero-order chi connectivity index (χ0) is 25.7. The number of rotatable bonds is 7. The van der Waals surface area contributed by atoms with E-state index in [1.54, 1.807) is 6.20 Å². The molecule has 8 heteroatoms. The molecule has 0 unspecified atom stereocenters. The molecule has 3 heterocycles. The van der Waals surface area contributed by atoms with Crippen LogP contribution in [0.1, 0.15) is 6.42 Å². The van der Waals surface area contributed by atoms with E-state index in [0.717, 1.165) is 90.7 Å². The Hall–Kier alpha value is -3.78. The molecular weight excluding hydrogens is 496 g/mol. The highest BCUT2D eigenvalue weighted by Gasteiger charge is 2.17. The molecule has 3 aromatic rings. The summed E-state index contributed by atoms with van der Waals surface area (Å²) < 4.78 is 7.71. The molecule has 1 fully saturated rings. The lowest BCUT2D eigenvalue weighted by Gasteiger charge is -2.26. The van der Waals surface area contributed by atoms with Gasteiger partial charge in [-0.25, -0.2) is 4.98 Å². The number of para-hydroxylation sites is 2. The van der Waals surface area contributed by atoms with Crippen molar-refractivity contribution in [2.75, 3.05) is 44.7 Å². The van der Waals surface area contributed by atoms with Gasteiger partial charge in [0.25, 0.3) is 0 Å². The number of hydrogen-bond donors (Lipinski definition) is 1. The van der Waals surface area contributed by atoms with Crippen LogP contribution in [0.4, 0.5) is 11.4 Å². The predicted molar refractivity (Wildman–Crippen MR) is 153 cm³/mol. The maximum Gasteiger partial charge on any atom is 0.0900 e. The van der Waals surface area contributed by atoms with Gasteiger partial charge in [-0.3, -0.25) is 14.9 Å². The molecule has 0 amide bonds. The van der Waals surface area contributed by atoms with Crippen LogP contribution in [0.2, 0.25) is 5.02 Å². The average molecular weight is 525 g/mol. The molecule has 1 saturated heterocycles. The number of pyridine rings is 1. The Morgan fingerprint density at radius 3 is 2.63 bits per heavy atom. The van der Waals surface area contributed by atoms with Crippen molar-refractivity contribution < 1.29 is 4.74 Å². The van der Waals surface area contributed by atoms with Gasteiger partial charge in [-0.1, -0.05) is 23.7 Å². The average Bonchev–Trinajstić information content (AvgIpc) is 2.96. The van der Waals surface area contributed by atoms with Crippen molar-refractivity contribution in [3.8, 4) is 17.1 Å². The lowest BCUT2D eigenvalue weighted by molar-refractivity contribution is 0.0377. The summed E-state index contributed by atoms with van der Waals surface area (Å²) in [7, 11) is 0. The summed E-state index contributed by atoms with van der Waals surface area (Å²) in [6, 6.07) is 24.2. The first-order valence-corrected chi connectivity index (χ1v) is 13.3. The van der Waals surface area contributed by atoms with Gasteiger partial charge in [0.1, 0.15) is 0 Å². The topological polar surface area (TPSA) is 67.6 Å². The molecule has 7 nitrogen and oxygen atoms in total. The first-order valence-electron chi connectivity index (χ1n) is 12.9. The van der Waals surface area contributed by atoms with Crippen LogP contribution in [0, 0.1) is 0 Å².